The van der Waals surface area contributed by atoms with Crippen molar-refractivity contribution in [3.05, 3.63) is 17.0 Å². The topological polar surface area (TPSA) is 32.3 Å². The van der Waals surface area contributed by atoms with Crippen molar-refractivity contribution in [2.24, 2.45) is 0 Å². The number of anilines is 1. The molecule has 4 nitrogen and oxygen atoms in total. The molecule has 0 unspecified atom stereocenters. The van der Waals surface area contributed by atoms with Crippen LogP contribution in [0, 0.1) is 0 Å². The molecule has 19 heavy (non-hydrogen) atoms. The van der Waals surface area contributed by atoms with E-state index < -0.39 is 0 Å². The lowest BCUT2D eigenvalue weighted by atomic mass is 9.99. The molecule has 0 amide bonds. The molecule has 1 aliphatic rings. The predicted octanol–water partition coefficient (Wildman–Crippen LogP) is 2.61. The van der Waals surface area contributed by atoms with Gasteiger partial charge in [0.1, 0.15) is 17.3 Å². The standard InChI is InChI=1S/C14H23ClN4/c1-5-6-11-12(15)16-10-17-13(11)19-8-7-18(4)14(2,3)9-19/h10H,5-9H2,1-4H3. The third-order valence-electron chi connectivity index (χ3n) is 3.99. The van der Waals surface area contributed by atoms with E-state index in [-0.39, 0.29) is 5.54 Å². The van der Waals surface area contributed by atoms with Gasteiger partial charge in [-0.2, -0.15) is 0 Å². The molecule has 0 saturated carbocycles. The monoisotopic (exact) mass is 282 g/mol. The Bertz CT molecular complexity index is 447. The molecule has 0 N–H and O–H groups in total. The molecule has 1 fully saturated rings. The first kappa shape index (κ1) is 14.5. The minimum absolute atomic E-state index is 0.152. The van der Waals surface area contributed by atoms with Crippen LogP contribution >= 0.6 is 11.6 Å². The van der Waals surface area contributed by atoms with Gasteiger partial charge in [0, 0.05) is 30.7 Å². The fraction of sp³-hybridized carbons (Fsp3) is 0.714. The number of piperazine rings is 1. The van der Waals surface area contributed by atoms with Crippen molar-refractivity contribution < 1.29 is 0 Å². The fourth-order valence-corrected chi connectivity index (χ4v) is 2.76. The van der Waals surface area contributed by atoms with E-state index in [1.54, 1.807) is 6.33 Å². The molecule has 0 bridgehead atoms. The van der Waals surface area contributed by atoms with E-state index in [0.717, 1.165) is 43.9 Å². The summed E-state index contributed by atoms with van der Waals surface area (Å²) in [6, 6.07) is 0. The number of nitrogens with zero attached hydrogens (tertiary/aromatic N) is 4. The van der Waals surface area contributed by atoms with Crippen LogP contribution in [0.5, 0.6) is 0 Å². The van der Waals surface area contributed by atoms with Crippen LogP contribution < -0.4 is 4.90 Å². The zero-order valence-electron chi connectivity index (χ0n) is 12.3. The molecule has 1 aromatic rings. The second kappa shape index (κ2) is 5.63. The zero-order valence-corrected chi connectivity index (χ0v) is 13.0. The Morgan fingerprint density at radius 3 is 2.68 bits per heavy atom. The highest BCUT2D eigenvalue weighted by Crippen LogP contribution is 2.29. The van der Waals surface area contributed by atoms with Crippen LogP contribution in [-0.4, -0.2) is 47.1 Å². The molecule has 1 aliphatic heterocycles. The summed E-state index contributed by atoms with van der Waals surface area (Å²) < 4.78 is 0. The van der Waals surface area contributed by atoms with Crippen molar-refractivity contribution in [1.29, 1.82) is 0 Å². The average Bonchev–Trinajstić information content (AvgIpc) is 2.35. The predicted molar refractivity (Wildman–Crippen MR) is 80.0 cm³/mol. The van der Waals surface area contributed by atoms with E-state index in [1.807, 2.05) is 0 Å². The quantitative estimate of drug-likeness (QED) is 0.798. The van der Waals surface area contributed by atoms with Crippen LogP contribution in [0.15, 0.2) is 6.33 Å². The summed E-state index contributed by atoms with van der Waals surface area (Å²) in [5, 5.41) is 0.601. The molecule has 106 valence electrons. The summed E-state index contributed by atoms with van der Waals surface area (Å²) >= 11 is 6.24. The van der Waals surface area contributed by atoms with Gasteiger partial charge in [-0.1, -0.05) is 24.9 Å². The van der Waals surface area contributed by atoms with Gasteiger partial charge in [0.15, 0.2) is 0 Å². The van der Waals surface area contributed by atoms with Crippen molar-refractivity contribution in [1.82, 2.24) is 14.9 Å². The third kappa shape index (κ3) is 3.00. The van der Waals surface area contributed by atoms with E-state index in [0.29, 0.717) is 5.15 Å². The molecule has 0 aromatic carbocycles. The Kier molecular flexibility index (Phi) is 4.31. The molecular weight excluding hydrogens is 260 g/mol. The van der Waals surface area contributed by atoms with Gasteiger partial charge < -0.3 is 4.90 Å². The highest BCUT2D eigenvalue weighted by molar-refractivity contribution is 6.30. The number of hydrogen-bond acceptors (Lipinski definition) is 4. The third-order valence-corrected chi connectivity index (χ3v) is 4.31. The number of rotatable bonds is 3. The number of aromatic nitrogens is 2. The van der Waals surface area contributed by atoms with Gasteiger partial charge >= 0.3 is 0 Å². The zero-order chi connectivity index (χ0) is 14.0. The van der Waals surface area contributed by atoms with E-state index in [9.17, 15) is 0 Å². The van der Waals surface area contributed by atoms with Gasteiger partial charge in [-0.25, -0.2) is 9.97 Å². The SMILES string of the molecule is CCCc1c(Cl)ncnc1N1CCN(C)C(C)(C)C1. The first-order chi connectivity index (χ1) is 8.95. The summed E-state index contributed by atoms with van der Waals surface area (Å²) in [5.74, 6) is 1.02. The number of halogens is 1. The minimum Gasteiger partial charge on any atom is -0.353 e. The highest BCUT2D eigenvalue weighted by Gasteiger charge is 2.32. The van der Waals surface area contributed by atoms with E-state index in [2.05, 4.69) is 47.6 Å². The first-order valence-corrected chi connectivity index (χ1v) is 7.29. The number of likely N-dealkylation sites (N-methyl/N-ethyl adjacent to an activating group) is 1. The summed E-state index contributed by atoms with van der Waals surface area (Å²) in [7, 11) is 2.18. The molecule has 0 aliphatic carbocycles. The summed E-state index contributed by atoms with van der Waals surface area (Å²) in [6.07, 6.45) is 3.56. The molecular formula is C14H23ClN4. The van der Waals surface area contributed by atoms with Crippen molar-refractivity contribution in [2.45, 2.75) is 39.2 Å². The molecule has 0 spiro atoms. The molecule has 1 aromatic heterocycles. The van der Waals surface area contributed by atoms with Crippen LogP contribution in [0.1, 0.15) is 32.8 Å². The fourth-order valence-electron chi connectivity index (χ4n) is 2.54. The molecule has 2 heterocycles. The smallest absolute Gasteiger partial charge is 0.137 e. The van der Waals surface area contributed by atoms with Crippen molar-refractivity contribution in [2.75, 3.05) is 31.6 Å². The van der Waals surface area contributed by atoms with Gasteiger partial charge in [0.2, 0.25) is 0 Å². The summed E-state index contributed by atoms with van der Waals surface area (Å²) in [5.41, 5.74) is 1.24. The van der Waals surface area contributed by atoms with Crippen molar-refractivity contribution >= 4 is 17.4 Å². The summed E-state index contributed by atoms with van der Waals surface area (Å²) in [6.45, 7) is 9.68. The molecule has 2 rings (SSSR count). The number of hydrogen-bond donors (Lipinski definition) is 0. The average molecular weight is 283 g/mol. The molecule has 1 saturated heterocycles. The van der Waals surface area contributed by atoms with Gasteiger partial charge in [0.05, 0.1) is 0 Å². The van der Waals surface area contributed by atoms with E-state index >= 15 is 0 Å². The normalized spacial score (nSPS) is 19.7. The van der Waals surface area contributed by atoms with Crippen molar-refractivity contribution in [3.8, 4) is 0 Å². The lowest BCUT2D eigenvalue weighted by molar-refractivity contribution is 0.138. The van der Waals surface area contributed by atoms with Gasteiger partial charge in [-0.05, 0) is 27.3 Å². The van der Waals surface area contributed by atoms with Crippen LogP contribution in [0.2, 0.25) is 5.15 Å². The van der Waals surface area contributed by atoms with Crippen LogP contribution in [0.25, 0.3) is 0 Å². The second-order valence-electron chi connectivity index (χ2n) is 5.87. The van der Waals surface area contributed by atoms with Crippen LogP contribution in [-0.2, 0) is 6.42 Å². The maximum atomic E-state index is 6.24. The molecule has 0 atom stereocenters. The maximum Gasteiger partial charge on any atom is 0.137 e. The van der Waals surface area contributed by atoms with Crippen LogP contribution in [0.4, 0.5) is 5.82 Å². The largest absolute Gasteiger partial charge is 0.353 e. The Labute approximate surface area is 120 Å². The van der Waals surface area contributed by atoms with Gasteiger partial charge in [-0.15, -0.1) is 0 Å². The highest BCUT2D eigenvalue weighted by atomic mass is 35.5. The lowest BCUT2D eigenvalue weighted by Crippen LogP contribution is -2.58. The Hall–Kier alpha value is -0.870. The summed E-state index contributed by atoms with van der Waals surface area (Å²) in [4.78, 5) is 13.3. The second-order valence-corrected chi connectivity index (χ2v) is 6.23. The molecule has 0 radical (unpaired) electrons. The first-order valence-electron chi connectivity index (χ1n) is 6.91. The van der Waals surface area contributed by atoms with E-state index in [1.165, 1.54) is 0 Å². The lowest BCUT2D eigenvalue weighted by Gasteiger charge is -2.46. The van der Waals surface area contributed by atoms with Gasteiger partial charge in [0.25, 0.3) is 0 Å². The Morgan fingerprint density at radius 2 is 2.05 bits per heavy atom. The van der Waals surface area contributed by atoms with Crippen LogP contribution in [0.3, 0.4) is 0 Å². The Morgan fingerprint density at radius 1 is 1.32 bits per heavy atom. The van der Waals surface area contributed by atoms with E-state index in [4.69, 9.17) is 11.6 Å². The van der Waals surface area contributed by atoms with Gasteiger partial charge in [-0.3, -0.25) is 4.90 Å². The minimum atomic E-state index is 0.152. The van der Waals surface area contributed by atoms with Crippen molar-refractivity contribution in [3.63, 3.8) is 0 Å². The molecule has 5 heteroatoms. The Balaban J connectivity index is 2.29. The maximum absolute atomic E-state index is 6.24.